The third-order valence-corrected chi connectivity index (χ3v) is 4.33. The number of aromatic nitrogens is 1. The highest BCUT2D eigenvalue weighted by molar-refractivity contribution is 9.10. The van der Waals surface area contributed by atoms with Crippen LogP contribution in [0.3, 0.4) is 0 Å². The summed E-state index contributed by atoms with van der Waals surface area (Å²) < 4.78 is 3.23. The zero-order valence-electron chi connectivity index (χ0n) is 10.5. The Morgan fingerprint density at radius 3 is 2.80 bits per heavy atom. The van der Waals surface area contributed by atoms with Gasteiger partial charge in [0.2, 0.25) is 0 Å². The minimum atomic E-state index is 0.582. The lowest BCUT2D eigenvalue weighted by Gasteiger charge is -2.08. The Morgan fingerprint density at radius 2 is 2.05 bits per heavy atom. The maximum atomic E-state index is 8.86. The number of nitriles is 1. The van der Waals surface area contributed by atoms with Gasteiger partial charge in [-0.05, 0) is 35.9 Å². The van der Waals surface area contributed by atoms with Crippen LogP contribution in [0.5, 0.6) is 0 Å². The third kappa shape index (κ3) is 2.33. The first-order chi connectivity index (χ1) is 9.69. The largest absolute Gasteiger partial charge is 0.343 e. The Hall–Kier alpha value is -1.76. The van der Waals surface area contributed by atoms with E-state index in [-0.39, 0.29) is 0 Å². The van der Waals surface area contributed by atoms with Crippen molar-refractivity contribution in [3.63, 3.8) is 0 Å². The van der Waals surface area contributed by atoms with Crippen LogP contribution in [0.15, 0.2) is 53.1 Å². The molecule has 0 aliphatic rings. The van der Waals surface area contributed by atoms with Crippen LogP contribution in [-0.4, -0.2) is 4.57 Å². The highest BCUT2D eigenvalue weighted by Gasteiger charge is 2.07. The number of fused-ring (bicyclic) bond motifs is 1. The van der Waals surface area contributed by atoms with Crippen LogP contribution in [0, 0.1) is 11.3 Å². The molecule has 0 unspecified atom stereocenters. The van der Waals surface area contributed by atoms with Gasteiger partial charge in [-0.2, -0.15) is 5.26 Å². The van der Waals surface area contributed by atoms with E-state index in [0.29, 0.717) is 17.1 Å². The Labute approximate surface area is 130 Å². The lowest BCUT2D eigenvalue weighted by Crippen LogP contribution is -1.98. The van der Waals surface area contributed by atoms with Gasteiger partial charge >= 0.3 is 0 Å². The molecule has 0 spiro atoms. The molecule has 0 bridgehead atoms. The van der Waals surface area contributed by atoms with Crippen molar-refractivity contribution in [1.82, 2.24) is 4.57 Å². The molecule has 98 valence electrons. The van der Waals surface area contributed by atoms with E-state index >= 15 is 0 Å². The van der Waals surface area contributed by atoms with E-state index < -0.39 is 0 Å². The van der Waals surface area contributed by atoms with Gasteiger partial charge in [0.15, 0.2) is 0 Å². The van der Waals surface area contributed by atoms with Gasteiger partial charge in [-0.15, -0.1) is 0 Å². The average molecular weight is 346 g/mol. The summed E-state index contributed by atoms with van der Waals surface area (Å²) in [4.78, 5) is 0. The van der Waals surface area contributed by atoms with Crippen LogP contribution >= 0.6 is 27.5 Å². The van der Waals surface area contributed by atoms with Gasteiger partial charge in [-0.25, -0.2) is 0 Å². The summed E-state index contributed by atoms with van der Waals surface area (Å²) in [5, 5.41) is 10.7. The molecule has 0 aliphatic heterocycles. The van der Waals surface area contributed by atoms with Gasteiger partial charge in [0.05, 0.1) is 11.6 Å². The summed E-state index contributed by atoms with van der Waals surface area (Å²) in [5.41, 5.74) is 2.74. The molecule has 2 aromatic carbocycles. The molecule has 1 heterocycles. The fourth-order valence-corrected chi connectivity index (χ4v) is 2.98. The molecule has 0 saturated heterocycles. The number of nitrogens with zero attached hydrogens (tertiary/aromatic N) is 2. The molecule has 3 aromatic rings. The summed E-state index contributed by atoms with van der Waals surface area (Å²) in [5.74, 6) is 0. The Morgan fingerprint density at radius 1 is 1.20 bits per heavy atom. The zero-order chi connectivity index (χ0) is 14.1. The minimum Gasteiger partial charge on any atom is -0.343 e. The summed E-state index contributed by atoms with van der Waals surface area (Å²) in [6.07, 6.45) is 2.05. The second-order valence-electron chi connectivity index (χ2n) is 4.53. The highest BCUT2D eigenvalue weighted by Crippen LogP contribution is 2.26. The van der Waals surface area contributed by atoms with Crippen LogP contribution in [-0.2, 0) is 6.54 Å². The predicted molar refractivity (Wildman–Crippen MR) is 84.9 cm³/mol. The standard InChI is InChI=1S/C16H10BrClN2/c17-14-2-1-3-16-13(14)6-7-20(16)10-12-5-4-11(9-19)8-15(12)18/h1-8H,10H2. The maximum absolute atomic E-state index is 8.86. The molecule has 0 atom stereocenters. The van der Waals surface area contributed by atoms with E-state index in [1.54, 1.807) is 12.1 Å². The van der Waals surface area contributed by atoms with Crippen LogP contribution in [0.4, 0.5) is 0 Å². The van der Waals surface area contributed by atoms with E-state index in [1.165, 1.54) is 5.39 Å². The molecular weight excluding hydrogens is 336 g/mol. The molecule has 3 rings (SSSR count). The molecule has 0 radical (unpaired) electrons. The third-order valence-electron chi connectivity index (χ3n) is 3.28. The molecule has 0 amide bonds. The molecule has 20 heavy (non-hydrogen) atoms. The lowest BCUT2D eigenvalue weighted by atomic mass is 10.1. The Kier molecular flexibility index (Phi) is 3.52. The Bertz CT molecular complexity index is 830. The first-order valence-corrected chi connectivity index (χ1v) is 7.28. The van der Waals surface area contributed by atoms with E-state index in [0.717, 1.165) is 15.6 Å². The van der Waals surface area contributed by atoms with Gasteiger partial charge in [0.25, 0.3) is 0 Å². The fourth-order valence-electron chi connectivity index (χ4n) is 2.25. The smallest absolute Gasteiger partial charge is 0.0992 e. The molecule has 0 aliphatic carbocycles. The van der Waals surface area contributed by atoms with Crippen molar-refractivity contribution < 1.29 is 0 Å². The molecule has 4 heteroatoms. The van der Waals surface area contributed by atoms with Gasteiger partial charge in [-0.1, -0.05) is 39.7 Å². The summed E-state index contributed by atoms with van der Waals surface area (Å²) in [7, 11) is 0. The molecule has 1 aromatic heterocycles. The number of halogens is 2. The maximum Gasteiger partial charge on any atom is 0.0992 e. The zero-order valence-corrected chi connectivity index (χ0v) is 12.8. The number of benzene rings is 2. The minimum absolute atomic E-state index is 0.582. The predicted octanol–water partition coefficient (Wildman–Crippen LogP) is 4.98. The first-order valence-electron chi connectivity index (χ1n) is 6.11. The van der Waals surface area contributed by atoms with Gasteiger partial charge in [0.1, 0.15) is 0 Å². The van der Waals surface area contributed by atoms with Crippen molar-refractivity contribution in [2.24, 2.45) is 0 Å². The number of hydrogen-bond acceptors (Lipinski definition) is 1. The van der Waals surface area contributed by atoms with Crippen molar-refractivity contribution >= 4 is 38.4 Å². The van der Waals surface area contributed by atoms with Crippen molar-refractivity contribution in [1.29, 1.82) is 5.26 Å². The van der Waals surface area contributed by atoms with Gasteiger partial charge < -0.3 is 4.57 Å². The van der Waals surface area contributed by atoms with E-state index in [4.69, 9.17) is 16.9 Å². The highest BCUT2D eigenvalue weighted by atomic mass is 79.9. The number of hydrogen-bond donors (Lipinski definition) is 0. The second kappa shape index (κ2) is 5.32. The van der Waals surface area contributed by atoms with Crippen molar-refractivity contribution in [2.75, 3.05) is 0 Å². The summed E-state index contributed by atoms with van der Waals surface area (Å²) >= 11 is 9.79. The fraction of sp³-hybridized carbons (Fsp3) is 0.0625. The normalized spacial score (nSPS) is 10.7. The molecule has 2 nitrogen and oxygen atoms in total. The molecule has 0 fully saturated rings. The molecule has 0 N–H and O–H groups in total. The van der Waals surface area contributed by atoms with Crippen molar-refractivity contribution in [3.8, 4) is 6.07 Å². The Balaban J connectivity index is 2.02. The summed E-state index contributed by atoms with van der Waals surface area (Å²) in [6, 6.07) is 15.7. The van der Waals surface area contributed by atoms with Crippen molar-refractivity contribution in [2.45, 2.75) is 6.54 Å². The van der Waals surface area contributed by atoms with E-state index in [2.05, 4.69) is 38.7 Å². The quantitative estimate of drug-likeness (QED) is 0.644. The van der Waals surface area contributed by atoms with Crippen molar-refractivity contribution in [3.05, 3.63) is 69.3 Å². The molecular formula is C16H10BrClN2. The van der Waals surface area contributed by atoms with E-state index in [9.17, 15) is 0 Å². The SMILES string of the molecule is N#Cc1ccc(Cn2ccc3c(Br)cccc32)c(Cl)c1. The number of rotatable bonds is 2. The van der Waals surface area contributed by atoms with Crippen LogP contribution in [0.1, 0.15) is 11.1 Å². The first kappa shape index (κ1) is 13.2. The lowest BCUT2D eigenvalue weighted by molar-refractivity contribution is 0.837. The second-order valence-corrected chi connectivity index (χ2v) is 5.80. The molecule has 0 saturated carbocycles. The van der Waals surface area contributed by atoms with Crippen LogP contribution in [0.25, 0.3) is 10.9 Å². The summed E-state index contributed by atoms with van der Waals surface area (Å²) in [6.45, 7) is 0.685. The van der Waals surface area contributed by atoms with Gasteiger partial charge in [-0.3, -0.25) is 0 Å². The van der Waals surface area contributed by atoms with E-state index in [1.807, 2.05) is 24.4 Å². The topological polar surface area (TPSA) is 28.7 Å². The average Bonchev–Trinajstić information content (AvgIpc) is 2.86. The van der Waals surface area contributed by atoms with Gasteiger partial charge in [0, 0.05) is 33.1 Å². The monoisotopic (exact) mass is 344 g/mol. The van der Waals surface area contributed by atoms with Crippen LogP contribution in [0.2, 0.25) is 5.02 Å². The van der Waals surface area contributed by atoms with Crippen LogP contribution < -0.4 is 0 Å².